The molecule has 0 bridgehead atoms. The lowest BCUT2D eigenvalue weighted by Crippen LogP contribution is -2.33. The molecule has 10 heteroatoms. The number of urea groups is 1. The van der Waals surface area contributed by atoms with Crippen molar-refractivity contribution < 1.29 is 22.8 Å². The first-order valence-corrected chi connectivity index (χ1v) is 11.2. The van der Waals surface area contributed by atoms with E-state index < -0.39 is 17.8 Å². The lowest BCUT2D eigenvalue weighted by molar-refractivity contribution is -0.139. The third-order valence-electron chi connectivity index (χ3n) is 5.14. The maximum Gasteiger partial charge on any atom is 0.417 e. The van der Waals surface area contributed by atoms with Crippen LogP contribution >= 0.6 is 11.8 Å². The van der Waals surface area contributed by atoms with Gasteiger partial charge in [-0.1, -0.05) is 6.07 Å². The molecule has 1 aromatic heterocycles. The Balaban J connectivity index is 1.46. The van der Waals surface area contributed by atoms with Gasteiger partial charge < -0.3 is 10.6 Å². The van der Waals surface area contributed by atoms with Crippen molar-refractivity contribution in [1.82, 2.24) is 4.98 Å². The Hall–Kier alpha value is -3.53. The molecule has 0 unspecified atom stereocenters. The van der Waals surface area contributed by atoms with E-state index >= 15 is 0 Å². The molecule has 6 nitrogen and oxygen atoms in total. The summed E-state index contributed by atoms with van der Waals surface area (Å²) in [6.07, 6.45) is -0.914. The van der Waals surface area contributed by atoms with Gasteiger partial charge in [-0.25, -0.2) is 4.79 Å². The van der Waals surface area contributed by atoms with Crippen LogP contribution < -0.4 is 15.5 Å². The van der Waals surface area contributed by atoms with E-state index in [0.29, 0.717) is 23.4 Å². The minimum Gasteiger partial charge on any atom is -0.321 e. The van der Waals surface area contributed by atoms with Crippen LogP contribution in [0.4, 0.5) is 35.0 Å². The Bertz CT molecular complexity index is 1180. The SMILES string of the molecule is CSc1cc2c(cc1C(F)(F)F)N(C(=O)Nc1ccc(NC(=O)c3ccccn3)cc1)CC2. The van der Waals surface area contributed by atoms with Crippen molar-refractivity contribution in [3.8, 4) is 0 Å². The first-order valence-electron chi connectivity index (χ1n) is 9.95. The summed E-state index contributed by atoms with van der Waals surface area (Å²) in [7, 11) is 0. The number of aromatic nitrogens is 1. The first kappa shape index (κ1) is 22.7. The molecule has 0 fully saturated rings. The van der Waals surface area contributed by atoms with E-state index in [0.717, 1.165) is 17.8 Å². The Labute approximate surface area is 192 Å². The second kappa shape index (κ2) is 9.14. The van der Waals surface area contributed by atoms with E-state index in [1.165, 1.54) is 17.2 Å². The summed E-state index contributed by atoms with van der Waals surface area (Å²) in [6, 6.07) is 13.5. The molecule has 3 amide bonds. The van der Waals surface area contributed by atoms with Gasteiger partial charge in [-0.05, 0) is 66.8 Å². The standard InChI is InChI=1S/C23H19F3N4O2S/c1-33-20-12-14-9-11-30(19(14)13-17(20)23(24,25)26)22(32)29-16-7-5-15(6-8-16)28-21(31)18-4-2-3-10-27-18/h2-8,10,12-13H,9,11H2,1H3,(H,28,31)(H,29,32). The number of alkyl halides is 3. The molecule has 3 aromatic rings. The van der Waals surface area contributed by atoms with Gasteiger partial charge >= 0.3 is 12.2 Å². The molecule has 2 aromatic carbocycles. The van der Waals surface area contributed by atoms with Gasteiger partial charge in [-0.3, -0.25) is 14.7 Å². The number of anilines is 3. The predicted octanol–water partition coefficient (Wildman–Crippen LogP) is 5.67. The highest BCUT2D eigenvalue weighted by Crippen LogP contribution is 2.42. The second-order valence-electron chi connectivity index (χ2n) is 7.26. The summed E-state index contributed by atoms with van der Waals surface area (Å²) in [5, 5.41) is 5.40. The molecule has 2 N–H and O–H groups in total. The fourth-order valence-electron chi connectivity index (χ4n) is 3.54. The van der Waals surface area contributed by atoms with Gasteiger partial charge in [0, 0.05) is 34.7 Å². The number of benzene rings is 2. The van der Waals surface area contributed by atoms with Crippen LogP contribution in [-0.4, -0.2) is 29.7 Å². The zero-order valence-corrected chi connectivity index (χ0v) is 18.3. The van der Waals surface area contributed by atoms with Crippen LogP contribution in [0.1, 0.15) is 21.6 Å². The van der Waals surface area contributed by atoms with Gasteiger partial charge in [0.1, 0.15) is 5.69 Å². The topological polar surface area (TPSA) is 74.3 Å². The molecule has 0 saturated heterocycles. The molecule has 0 spiro atoms. The molecule has 0 radical (unpaired) electrons. The lowest BCUT2D eigenvalue weighted by atomic mass is 10.1. The number of halogens is 3. The number of nitrogens with one attached hydrogen (secondary N) is 2. The normalized spacial score (nSPS) is 12.9. The average Bonchev–Trinajstić information content (AvgIpc) is 3.22. The summed E-state index contributed by atoms with van der Waals surface area (Å²) in [4.78, 5) is 30.4. The maximum atomic E-state index is 13.4. The second-order valence-corrected chi connectivity index (χ2v) is 8.11. The van der Waals surface area contributed by atoms with Crippen LogP contribution in [0.2, 0.25) is 0 Å². The number of amides is 3. The van der Waals surface area contributed by atoms with Crippen molar-refractivity contribution in [2.45, 2.75) is 17.5 Å². The van der Waals surface area contributed by atoms with Gasteiger partial charge in [0.15, 0.2) is 0 Å². The lowest BCUT2D eigenvalue weighted by Gasteiger charge is -2.20. The Morgan fingerprint density at radius 3 is 2.33 bits per heavy atom. The number of nitrogens with zero attached hydrogens (tertiary/aromatic N) is 2. The van der Waals surface area contributed by atoms with Crippen molar-refractivity contribution in [3.63, 3.8) is 0 Å². The molecular formula is C23H19F3N4O2S. The van der Waals surface area contributed by atoms with Crippen LogP contribution in [0.25, 0.3) is 0 Å². The smallest absolute Gasteiger partial charge is 0.321 e. The summed E-state index contributed by atoms with van der Waals surface area (Å²) >= 11 is 1.03. The Kier molecular flexibility index (Phi) is 6.28. The molecule has 0 saturated carbocycles. The summed E-state index contributed by atoms with van der Waals surface area (Å²) < 4.78 is 40.3. The van der Waals surface area contributed by atoms with Crippen LogP contribution in [-0.2, 0) is 12.6 Å². The van der Waals surface area contributed by atoms with E-state index in [9.17, 15) is 22.8 Å². The van der Waals surface area contributed by atoms with Crippen LogP contribution in [0, 0.1) is 0 Å². The molecule has 1 aliphatic rings. The van der Waals surface area contributed by atoms with Crippen LogP contribution in [0.3, 0.4) is 0 Å². The fourth-order valence-corrected chi connectivity index (χ4v) is 4.19. The van der Waals surface area contributed by atoms with Crippen molar-refractivity contribution in [2.24, 2.45) is 0 Å². The molecule has 0 atom stereocenters. The van der Waals surface area contributed by atoms with Crippen LogP contribution in [0.5, 0.6) is 0 Å². The van der Waals surface area contributed by atoms with Crippen molar-refractivity contribution >= 4 is 40.8 Å². The Morgan fingerprint density at radius 1 is 1.03 bits per heavy atom. The highest BCUT2D eigenvalue weighted by molar-refractivity contribution is 7.98. The maximum absolute atomic E-state index is 13.4. The first-order chi connectivity index (χ1) is 15.8. The van der Waals surface area contributed by atoms with Crippen LogP contribution in [0.15, 0.2) is 65.7 Å². The molecule has 33 heavy (non-hydrogen) atoms. The third-order valence-corrected chi connectivity index (χ3v) is 5.92. The van der Waals surface area contributed by atoms with E-state index in [-0.39, 0.29) is 28.7 Å². The van der Waals surface area contributed by atoms with E-state index in [1.54, 1.807) is 48.7 Å². The fraction of sp³-hybridized carbons (Fsp3) is 0.174. The largest absolute Gasteiger partial charge is 0.417 e. The van der Waals surface area contributed by atoms with Crippen molar-refractivity contribution in [1.29, 1.82) is 0 Å². The summed E-state index contributed by atoms with van der Waals surface area (Å²) in [5.41, 5.74) is 1.44. The minimum atomic E-state index is -4.51. The van der Waals surface area contributed by atoms with Gasteiger partial charge in [0.05, 0.1) is 5.56 Å². The van der Waals surface area contributed by atoms with Gasteiger partial charge in [0.25, 0.3) is 5.91 Å². The number of hydrogen-bond donors (Lipinski definition) is 2. The molecular weight excluding hydrogens is 453 g/mol. The number of fused-ring (bicyclic) bond motifs is 1. The highest BCUT2D eigenvalue weighted by atomic mass is 32.2. The molecule has 4 rings (SSSR count). The number of hydrogen-bond acceptors (Lipinski definition) is 4. The van der Waals surface area contributed by atoms with Gasteiger partial charge in [-0.2, -0.15) is 13.2 Å². The molecule has 0 aliphatic carbocycles. The quantitative estimate of drug-likeness (QED) is 0.480. The molecule has 2 heterocycles. The minimum absolute atomic E-state index is 0.145. The summed E-state index contributed by atoms with van der Waals surface area (Å²) in [6.45, 7) is 0.286. The molecule has 170 valence electrons. The number of pyridine rings is 1. The van der Waals surface area contributed by atoms with E-state index in [2.05, 4.69) is 15.6 Å². The highest BCUT2D eigenvalue weighted by Gasteiger charge is 2.36. The van der Waals surface area contributed by atoms with Crippen molar-refractivity contribution in [2.75, 3.05) is 28.3 Å². The zero-order valence-electron chi connectivity index (χ0n) is 17.4. The van der Waals surface area contributed by atoms with Gasteiger partial charge in [0.2, 0.25) is 0 Å². The van der Waals surface area contributed by atoms with Crippen molar-refractivity contribution in [3.05, 3.63) is 77.6 Å². The summed E-state index contributed by atoms with van der Waals surface area (Å²) in [5.74, 6) is -0.369. The molecule has 1 aliphatic heterocycles. The van der Waals surface area contributed by atoms with E-state index in [4.69, 9.17) is 0 Å². The zero-order chi connectivity index (χ0) is 23.6. The third kappa shape index (κ3) is 4.95. The van der Waals surface area contributed by atoms with E-state index in [1.807, 2.05) is 0 Å². The number of carbonyl (C=O) groups excluding carboxylic acids is 2. The average molecular weight is 472 g/mol. The Morgan fingerprint density at radius 2 is 1.73 bits per heavy atom. The number of carbonyl (C=O) groups is 2. The monoisotopic (exact) mass is 472 g/mol. The predicted molar refractivity (Wildman–Crippen MR) is 122 cm³/mol. The van der Waals surface area contributed by atoms with Gasteiger partial charge in [-0.15, -0.1) is 11.8 Å². The number of rotatable bonds is 4. The number of thioether (sulfide) groups is 1.